The number of allylic oxidation sites excluding steroid dienone is 3. The van der Waals surface area contributed by atoms with E-state index in [2.05, 4.69) is 39.8 Å². The fourth-order valence-electron chi connectivity index (χ4n) is 3.95. The zero-order chi connectivity index (χ0) is 26.9. The molecule has 0 saturated heterocycles. The van der Waals surface area contributed by atoms with Crippen molar-refractivity contribution in [3.05, 3.63) is 23.3 Å². The highest BCUT2D eigenvalue weighted by Crippen LogP contribution is 2.23. The van der Waals surface area contributed by atoms with Gasteiger partial charge < -0.3 is 9.84 Å². The van der Waals surface area contributed by atoms with E-state index in [4.69, 9.17) is 9.84 Å². The lowest BCUT2D eigenvalue weighted by atomic mass is 10.0. The van der Waals surface area contributed by atoms with Crippen molar-refractivity contribution in [1.82, 2.24) is 0 Å². The lowest BCUT2D eigenvalue weighted by Gasteiger charge is -2.16. The molecule has 0 amide bonds. The van der Waals surface area contributed by atoms with Gasteiger partial charge in [0.2, 0.25) is 0 Å². The van der Waals surface area contributed by atoms with Gasteiger partial charge in [-0.3, -0.25) is 9.59 Å². The van der Waals surface area contributed by atoms with Crippen LogP contribution in [0.4, 0.5) is 0 Å². The van der Waals surface area contributed by atoms with Gasteiger partial charge >= 0.3 is 11.9 Å². The largest absolute Gasteiger partial charge is 0.481 e. The van der Waals surface area contributed by atoms with E-state index < -0.39 is 5.97 Å². The molecule has 0 bridgehead atoms. The van der Waals surface area contributed by atoms with Crippen LogP contribution in [0.2, 0.25) is 0 Å². The molecule has 0 aliphatic rings. The maximum Gasteiger partial charge on any atom is 0.307 e. The highest BCUT2D eigenvalue weighted by Gasteiger charge is 2.13. The molecule has 0 aliphatic carbocycles. The van der Waals surface area contributed by atoms with Gasteiger partial charge in [-0.15, -0.1) is 0 Å². The molecule has 0 fully saturated rings. The zero-order valence-electron chi connectivity index (χ0n) is 23.7. The molecular formula is C30H54O4S2. The summed E-state index contributed by atoms with van der Waals surface area (Å²) < 4.78 is 5.85. The Bertz CT molecular complexity index is 612. The summed E-state index contributed by atoms with van der Waals surface area (Å²) in [5.74, 6) is 0.274. The summed E-state index contributed by atoms with van der Waals surface area (Å²) in [5, 5.41) is 8.69. The first-order valence-corrected chi connectivity index (χ1v) is 16.8. The first-order valence-electron chi connectivity index (χ1n) is 14.3. The molecule has 210 valence electrons. The number of rotatable bonds is 25. The van der Waals surface area contributed by atoms with Crippen molar-refractivity contribution >= 4 is 33.5 Å². The molecule has 0 aromatic heterocycles. The Morgan fingerprint density at radius 2 is 1.31 bits per heavy atom. The van der Waals surface area contributed by atoms with Crippen molar-refractivity contribution in [2.75, 3.05) is 11.5 Å². The first-order chi connectivity index (χ1) is 17.3. The predicted octanol–water partition coefficient (Wildman–Crippen LogP) is 9.93. The number of hydrogen-bond acceptors (Lipinski definition) is 5. The highest BCUT2D eigenvalue weighted by molar-refractivity contribution is 8.76. The summed E-state index contributed by atoms with van der Waals surface area (Å²) in [4.78, 5) is 23.0. The van der Waals surface area contributed by atoms with Crippen LogP contribution in [0.1, 0.15) is 137 Å². The summed E-state index contributed by atoms with van der Waals surface area (Å²) in [5.41, 5.74) is 2.61. The number of hydrogen-bond donors (Lipinski definition) is 1. The van der Waals surface area contributed by atoms with Crippen molar-refractivity contribution in [3.63, 3.8) is 0 Å². The second-order valence-electron chi connectivity index (χ2n) is 10.1. The predicted molar refractivity (Wildman–Crippen MR) is 160 cm³/mol. The van der Waals surface area contributed by atoms with E-state index in [9.17, 15) is 9.59 Å². The van der Waals surface area contributed by atoms with Crippen LogP contribution in [-0.4, -0.2) is 34.7 Å². The van der Waals surface area contributed by atoms with E-state index in [1.54, 1.807) is 10.8 Å². The Balaban J connectivity index is 4.27. The molecule has 0 rings (SSSR count). The van der Waals surface area contributed by atoms with E-state index in [0.29, 0.717) is 17.9 Å². The molecular weight excluding hydrogens is 488 g/mol. The molecule has 1 N–H and O–H groups in total. The molecule has 6 heteroatoms. The van der Waals surface area contributed by atoms with Gasteiger partial charge in [0.15, 0.2) is 0 Å². The Morgan fingerprint density at radius 1 is 0.778 bits per heavy atom. The van der Waals surface area contributed by atoms with Crippen molar-refractivity contribution in [3.8, 4) is 0 Å². The van der Waals surface area contributed by atoms with E-state index in [1.807, 2.05) is 0 Å². The van der Waals surface area contributed by atoms with Gasteiger partial charge in [0.05, 0.1) is 12.8 Å². The summed E-state index contributed by atoms with van der Waals surface area (Å²) in [6.45, 7) is 8.64. The van der Waals surface area contributed by atoms with Crippen molar-refractivity contribution in [1.29, 1.82) is 0 Å². The van der Waals surface area contributed by atoms with Crippen LogP contribution in [-0.2, 0) is 14.3 Å². The van der Waals surface area contributed by atoms with Crippen LogP contribution in [0, 0.1) is 0 Å². The topological polar surface area (TPSA) is 63.6 Å². The van der Waals surface area contributed by atoms with Crippen molar-refractivity contribution < 1.29 is 19.4 Å². The van der Waals surface area contributed by atoms with Gasteiger partial charge in [0.1, 0.15) is 6.10 Å². The van der Waals surface area contributed by atoms with Gasteiger partial charge in [0.25, 0.3) is 0 Å². The Hall–Kier alpha value is -0.880. The van der Waals surface area contributed by atoms with Gasteiger partial charge in [0, 0.05) is 11.5 Å². The van der Waals surface area contributed by atoms with Crippen LogP contribution in [0.3, 0.4) is 0 Å². The minimum atomic E-state index is -0.782. The van der Waals surface area contributed by atoms with Gasteiger partial charge in [-0.1, -0.05) is 116 Å². The second-order valence-corrected chi connectivity index (χ2v) is 12.8. The third kappa shape index (κ3) is 26.2. The zero-order valence-corrected chi connectivity index (χ0v) is 25.3. The van der Waals surface area contributed by atoms with Crippen molar-refractivity contribution in [2.45, 2.75) is 143 Å². The SMILES string of the molecule is CCCCCCCCCCCCCCC(/C=C(\C)CCC=C(C)C)OC(=O)CCSSCCC(=O)O. The number of aliphatic carboxylic acids is 1. The molecule has 0 aromatic rings. The van der Waals surface area contributed by atoms with E-state index >= 15 is 0 Å². The molecule has 1 atom stereocenters. The number of carbonyl (C=O) groups is 2. The Kier molecular flexibility index (Phi) is 25.1. The average Bonchev–Trinajstić information content (AvgIpc) is 2.81. The Morgan fingerprint density at radius 3 is 1.83 bits per heavy atom. The number of carboxylic acid groups (broad SMARTS) is 1. The second kappa shape index (κ2) is 25.8. The van der Waals surface area contributed by atoms with Gasteiger partial charge in [-0.25, -0.2) is 0 Å². The van der Waals surface area contributed by atoms with Crippen LogP contribution < -0.4 is 0 Å². The van der Waals surface area contributed by atoms with E-state index in [0.717, 1.165) is 25.7 Å². The summed E-state index contributed by atoms with van der Waals surface area (Å²) in [7, 11) is 3.05. The van der Waals surface area contributed by atoms with E-state index in [-0.39, 0.29) is 18.5 Å². The third-order valence-electron chi connectivity index (χ3n) is 6.06. The molecule has 0 aliphatic heterocycles. The van der Waals surface area contributed by atoms with Crippen LogP contribution in [0.15, 0.2) is 23.3 Å². The number of unbranched alkanes of at least 4 members (excludes halogenated alkanes) is 11. The minimum Gasteiger partial charge on any atom is -0.481 e. The molecule has 4 nitrogen and oxygen atoms in total. The standard InChI is InChI=1S/C30H54O4S2/c1-5-6-7-8-9-10-11-12-13-14-15-16-20-28(25-27(4)19-17-18-26(2)3)34-30(33)22-24-36-35-23-21-29(31)32/h18,25,28H,5-17,19-24H2,1-4H3,(H,31,32)/b27-25+. The normalized spacial score (nSPS) is 12.4. The molecule has 0 saturated carbocycles. The first kappa shape index (κ1) is 35.1. The Labute approximate surface area is 230 Å². The average molecular weight is 543 g/mol. The molecule has 0 spiro atoms. The van der Waals surface area contributed by atoms with Crippen LogP contribution in [0.5, 0.6) is 0 Å². The summed E-state index contributed by atoms with van der Waals surface area (Å²) >= 11 is 0. The lowest BCUT2D eigenvalue weighted by Crippen LogP contribution is -2.17. The van der Waals surface area contributed by atoms with Crippen LogP contribution >= 0.6 is 21.6 Å². The highest BCUT2D eigenvalue weighted by atomic mass is 33.1. The minimum absolute atomic E-state index is 0.142. The van der Waals surface area contributed by atoms with Gasteiger partial charge in [-0.05, 0) is 52.5 Å². The molecule has 1 unspecified atom stereocenters. The molecule has 0 radical (unpaired) electrons. The van der Waals surface area contributed by atoms with Crippen LogP contribution in [0.25, 0.3) is 0 Å². The summed E-state index contributed by atoms with van der Waals surface area (Å²) in [6, 6.07) is 0. The molecule has 36 heavy (non-hydrogen) atoms. The summed E-state index contributed by atoms with van der Waals surface area (Å²) in [6.07, 6.45) is 23.6. The lowest BCUT2D eigenvalue weighted by molar-refractivity contribution is -0.146. The van der Waals surface area contributed by atoms with Crippen molar-refractivity contribution in [2.24, 2.45) is 0 Å². The van der Waals surface area contributed by atoms with E-state index in [1.165, 1.54) is 92.6 Å². The monoisotopic (exact) mass is 542 g/mol. The smallest absolute Gasteiger partial charge is 0.307 e. The number of esters is 1. The maximum absolute atomic E-state index is 12.4. The molecule has 0 heterocycles. The maximum atomic E-state index is 12.4. The fourth-order valence-corrected chi connectivity index (χ4v) is 5.90. The number of ether oxygens (including phenoxy) is 1. The number of carbonyl (C=O) groups excluding carboxylic acids is 1. The molecule has 0 aromatic carbocycles. The number of carboxylic acids is 1. The van der Waals surface area contributed by atoms with Gasteiger partial charge in [-0.2, -0.15) is 0 Å². The third-order valence-corrected chi connectivity index (χ3v) is 8.47. The fraction of sp³-hybridized carbons (Fsp3) is 0.800. The quantitative estimate of drug-likeness (QED) is 0.0536.